The lowest BCUT2D eigenvalue weighted by molar-refractivity contribution is 0.0790. The summed E-state index contributed by atoms with van der Waals surface area (Å²) in [7, 11) is -3.73. The molecule has 0 bridgehead atoms. The Bertz CT molecular complexity index is 535. The molecular weight excluding hydrogens is 264 g/mol. The predicted molar refractivity (Wildman–Crippen MR) is 73.0 cm³/mol. The Morgan fingerprint density at radius 1 is 1.21 bits per heavy atom. The van der Waals surface area contributed by atoms with Gasteiger partial charge in [-0.05, 0) is 38.8 Å². The van der Waals surface area contributed by atoms with E-state index in [-0.39, 0.29) is 22.7 Å². The van der Waals surface area contributed by atoms with Gasteiger partial charge in [-0.25, -0.2) is 13.4 Å². The second-order valence-corrected chi connectivity index (χ2v) is 6.73. The number of benzene rings is 1. The number of para-hydroxylation sites is 1. The summed E-state index contributed by atoms with van der Waals surface area (Å²) in [6, 6.07) is 6.28. The molecule has 1 aromatic rings. The molecule has 1 aliphatic rings. The topological polar surface area (TPSA) is 69.6 Å². The first kappa shape index (κ1) is 14.3. The van der Waals surface area contributed by atoms with Gasteiger partial charge >= 0.3 is 0 Å². The number of hydrogen-bond acceptors (Lipinski definition) is 4. The lowest BCUT2D eigenvalue weighted by atomic mass is 10.0. The van der Waals surface area contributed by atoms with Crippen molar-refractivity contribution in [2.75, 3.05) is 0 Å². The van der Waals surface area contributed by atoms with E-state index in [9.17, 15) is 13.5 Å². The maximum atomic E-state index is 12.3. The number of hydrogen-bond donors (Lipinski definition) is 2. The molecule has 6 heteroatoms. The number of aromatic hydroxyl groups is 1. The van der Waals surface area contributed by atoms with Crippen LogP contribution in [0.25, 0.3) is 0 Å². The molecule has 19 heavy (non-hydrogen) atoms. The van der Waals surface area contributed by atoms with Crippen molar-refractivity contribution in [1.82, 2.24) is 9.84 Å². The minimum absolute atomic E-state index is 0.0834. The fraction of sp³-hybridized carbons (Fsp3) is 0.538. The number of piperidine rings is 1. The van der Waals surface area contributed by atoms with Crippen molar-refractivity contribution in [3.63, 3.8) is 0 Å². The Morgan fingerprint density at radius 2 is 1.79 bits per heavy atom. The van der Waals surface area contributed by atoms with Crippen molar-refractivity contribution >= 4 is 10.0 Å². The number of phenols is 1. The van der Waals surface area contributed by atoms with Gasteiger partial charge in [-0.15, -0.1) is 4.83 Å². The normalized spacial score (nSPS) is 25.4. The predicted octanol–water partition coefficient (Wildman–Crippen LogP) is 1.85. The lowest BCUT2D eigenvalue weighted by Crippen LogP contribution is -2.53. The standard InChI is InChI=1S/C13H20N2O3S/c1-10-6-5-7-11(2)15(10)14-19(17,18)13-9-4-3-8-12(13)16/h3-4,8-11,14,16H,5-7H2,1-2H3. The average Bonchev–Trinajstić information content (AvgIpc) is 2.34. The van der Waals surface area contributed by atoms with Crippen LogP contribution in [0.5, 0.6) is 5.75 Å². The average molecular weight is 284 g/mol. The van der Waals surface area contributed by atoms with E-state index in [0.717, 1.165) is 19.3 Å². The summed E-state index contributed by atoms with van der Waals surface area (Å²) < 4.78 is 24.6. The number of rotatable bonds is 3. The van der Waals surface area contributed by atoms with E-state index in [4.69, 9.17) is 0 Å². The molecule has 2 N–H and O–H groups in total. The Kier molecular flexibility index (Phi) is 4.13. The molecule has 2 rings (SSSR count). The van der Waals surface area contributed by atoms with Crippen molar-refractivity contribution in [2.45, 2.75) is 50.1 Å². The summed E-state index contributed by atoms with van der Waals surface area (Å²) in [4.78, 5) is 2.51. The molecule has 0 aliphatic carbocycles. The molecule has 0 radical (unpaired) electrons. The Morgan fingerprint density at radius 3 is 2.37 bits per heavy atom. The summed E-state index contributed by atoms with van der Waals surface area (Å²) in [5, 5.41) is 11.4. The second-order valence-electron chi connectivity index (χ2n) is 5.10. The van der Waals surface area contributed by atoms with Gasteiger partial charge in [0, 0.05) is 12.1 Å². The third-order valence-corrected chi connectivity index (χ3v) is 4.95. The summed E-state index contributed by atoms with van der Waals surface area (Å²) in [5.74, 6) is -0.229. The summed E-state index contributed by atoms with van der Waals surface area (Å²) in [5.41, 5.74) is 0. The minimum atomic E-state index is -3.73. The number of nitrogens with zero attached hydrogens (tertiary/aromatic N) is 1. The summed E-state index contributed by atoms with van der Waals surface area (Å²) >= 11 is 0. The van der Waals surface area contributed by atoms with Crippen molar-refractivity contribution < 1.29 is 13.5 Å². The van der Waals surface area contributed by atoms with Crippen LogP contribution < -0.4 is 4.83 Å². The molecule has 5 nitrogen and oxygen atoms in total. The molecule has 0 aromatic heterocycles. The third kappa shape index (κ3) is 3.08. The fourth-order valence-electron chi connectivity index (χ4n) is 2.47. The van der Waals surface area contributed by atoms with Crippen LogP contribution in [0.2, 0.25) is 0 Å². The van der Waals surface area contributed by atoms with Crippen LogP contribution in [0, 0.1) is 0 Å². The highest BCUT2D eigenvalue weighted by Crippen LogP contribution is 2.25. The number of sulfonamides is 1. The van der Waals surface area contributed by atoms with Gasteiger partial charge in [0.25, 0.3) is 10.0 Å². The van der Waals surface area contributed by atoms with Crippen LogP contribution in [0.3, 0.4) is 0 Å². The molecule has 0 amide bonds. The molecule has 1 fully saturated rings. The Balaban J connectivity index is 2.24. The highest BCUT2D eigenvalue weighted by atomic mass is 32.2. The second kappa shape index (κ2) is 5.48. The monoisotopic (exact) mass is 284 g/mol. The molecule has 2 unspecified atom stereocenters. The SMILES string of the molecule is CC1CCCC(C)N1NS(=O)(=O)c1ccccc1O. The van der Waals surface area contributed by atoms with E-state index >= 15 is 0 Å². The zero-order valence-corrected chi connectivity index (χ0v) is 12.0. The zero-order valence-electron chi connectivity index (χ0n) is 11.2. The molecule has 0 saturated carbocycles. The van der Waals surface area contributed by atoms with Gasteiger partial charge in [-0.2, -0.15) is 0 Å². The van der Waals surface area contributed by atoms with E-state index < -0.39 is 10.0 Å². The minimum Gasteiger partial charge on any atom is -0.507 e. The highest BCUT2D eigenvalue weighted by molar-refractivity contribution is 7.89. The van der Waals surface area contributed by atoms with Crippen molar-refractivity contribution in [3.8, 4) is 5.75 Å². The quantitative estimate of drug-likeness (QED) is 0.888. The molecule has 1 aliphatic heterocycles. The van der Waals surface area contributed by atoms with Crippen LogP contribution in [0.4, 0.5) is 0 Å². The number of nitrogens with one attached hydrogen (secondary N) is 1. The van der Waals surface area contributed by atoms with E-state index in [1.165, 1.54) is 12.1 Å². The summed E-state index contributed by atoms with van der Waals surface area (Å²) in [6.45, 7) is 4.01. The van der Waals surface area contributed by atoms with Crippen LogP contribution in [0.1, 0.15) is 33.1 Å². The van der Waals surface area contributed by atoms with Crippen molar-refractivity contribution in [2.24, 2.45) is 0 Å². The first-order chi connectivity index (χ1) is 8.92. The van der Waals surface area contributed by atoms with Gasteiger partial charge in [0.2, 0.25) is 0 Å². The van der Waals surface area contributed by atoms with E-state index in [1.807, 2.05) is 13.8 Å². The van der Waals surface area contributed by atoms with Gasteiger partial charge in [-0.1, -0.05) is 18.6 Å². The van der Waals surface area contributed by atoms with E-state index in [2.05, 4.69) is 4.83 Å². The van der Waals surface area contributed by atoms with Crippen molar-refractivity contribution in [1.29, 1.82) is 0 Å². The highest BCUT2D eigenvalue weighted by Gasteiger charge is 2.30. The summed E-state index contributed by atoms with van der Waals surface area (Å²) in [6.07, 6.45) is 3.04. The van der Waals surface area contributed by atoms with Crippen LogP contribution >= 0.6 is 0 Å². The van der Waals surface area contributed by atoms with Crippen molar-refractivity contribution in [3.05, 3.63) is 24.3 Å². The van der Waals surface area contributed by atoms with Gasteiger partial charge in [0.15, 0.2) is 0 Å². The zero-order chi connectivity index (χ0) is 14.0. The first-order valence-electron chi connectivity index (χ1n) is 6.50. The van der Waals surface area contributed by atoms with Gasteiger partial charge < -0.3 is 5.11 Å². The molecular formula is C13H20N2O3S. The Hall–Kier alpha value is -1.11. The first-order valence-corrected chi connectivity index (χ1v) is 7.99. The largest absolute Gasteiger partial charge is 0.507 e. The van der Waals surface area contributed by atoms with E-state index in [1.54, 1.807) is 17.1 Å². The molecule has 1 heterocycles. The molecule has 0 spiro atoms. The lowest BCUT2D eigenvalue weighted by Gasteiger charge is -2.38. The third-order valence-electron chi connectivity index (χ3n) is 3.57. The molecule has 1 saturated heterocycles. The van der Waals surface area contributed by atoms with Gasteiger partial charge in [0.1, 0.15) is 10.6 Å². The van der Waals surface area contributed by atoms with Gasteiger partial charge in [-0.3, -0.25) is 0 Å². The maximum Gasteiger partial charge on any atom is 0.257 e. The number of hydrazine groups is 1. The molecule has 106 valence electrons. The number of phenolic OH excluding ortho intramolecular Hbond substituents is 1. The maximum absolute atomic E-state index is 12.3. The van der Waals surface area contributed by atoms with Crippen LogP contribution in [0.15, 0.2) is 29.2 Å². The molecule has 1 aromatic carbocycles. The van der Waals surface area contributed by atoms with E-state index in [0.29, 0.717) is 0 Å². The molecule has 2 atom stereocenters. The fourth-order valence-corrected chi connectivity index (χ4v) is 3.81. The Labute approximate surface area is 114 Å². The smallest absolute Gasteiger partial charge is 0.257 e. The van der Waals surface area contributed by atoms with Gasteiger partial charge in [0.05, 0.1) is 0 Å². The van der Waals surface area contributed by atoms with Crippen LogP contribution in [-0.4, -0.2) is 30.6 Å². The van der Waals surface area contributed by atoms with Crippen LogP contribution in [-0.2, 0) is 10.0 Å².